The zero-order chi connectivity index (χ0) is 21.0. The lowest BCUT2D eigenvalue weighted by Crippen LogP contribution is -2.47. The number of aliphatic hydroxyl groups is 1. The van der Waals surface area contributed by atoms with Crippen molar-refractivity contribution in [3.63, 3.8) is 0 Å². The average molecular weight is 402 g/mol. The Balaban J connectivity index is 1.55. The van der Waals surface area contributed by atoms with Gasteiger partial charge in [-0.1, -0.05) is 0 Å². The maximum atomic E-state index is 12.2. The van der Waals surface area contributed by atoms with Crippen LogP contribution in [0, 0.1) is 0 Å². The van der Waals surface area contributed by atoms with Crippen LogP contribution in [0.5, 0.6) is 5.75 Å². The number of likely N-dealkylation sites (tertiary alicyclic amines) is 1. The van der Waals surface area contributed by atoms with Gasteiger partial charge in [0.15, 0.2) is 0 Å². The Morgan fingerprint density at radius 1 is 1.31 bits per heavy atom. The molecule has 1 atom stereocenters. The molecule has 1 aliphatic rings. The van der Waals surface area contributed by atoms with Gasteiger partial charge < -0.3 is 24.8 Å². The smallest absolute Gasteiger partial charge is 0.410 e. The minimum Gasteiger partial charge on any atom is -0.497 e. The van der Waals surface area contributed by atoms with E-state index in [0.29, 0.717) is 19.6 Å². The number of carbonyl (C=O) groups is 1. The summed E-state index contributed by atoms with van der Waals surface area (Å²) in [7, 11) is 1.62. The summed E-state index contributed by atoms with van der Waals surface area (Å²) in [5, 5.41) is 15.1. The van der Waals surface area contributed by atoms with Gasteiger partial charge in [-0.2, -0.15) is 0 Å². The number of piperidine rings is 1. The molecule has 0 radical (unpaired) electrons. The number of nitrogens with one attached hydrogen (secondary N) is 1. The summed E-state index contributed by atoms with van der Waals surface area (Å²) >= 11 is 0. The summed E-state index contributed by atoms with van der Waals surface area (Å²) in [5.74, 6) is 0.737. The number of carbonyl (C=O) groups excluding carboxylic acids is 1. The molecule has 0 saturated carbocycles. The summed E-state index contributed by atoms with van der Waals surface area (Å²) in [6.45, 7) is 7.36. The predicted octanol–water partition coefficient (Wildman–Crippen LogP) is 3.27. The molecule has 3 rings (SSSR count). The second kappa shape index (κ2) is 8.97. The maximum absolute atomic E-state index is 12.2. The molecule has 7 heteroatoms. The summed E-state index contributed by atoms with van der Waals surface area (Å²) in [5.41, 5.74) is 1.17. The fourth-order valence-corrected chi connectivity index (χ4v) is 3.55. The fourth-order valence-electron chi connectivity index (χ4n) is 3.55. The van der Waals surface area contributed by atoms with Crippen molar-refractivity contribution in [2.75, 3.05) is 26.7 Å². The number of benzene rings is 1. The molecule has 7 nitrogen and oxygen atoms in total. The van der Waals surface area contributed by atoms with Crippen LogP contribution in [0.25, 0.3) is 10.9 Å². The van der Waals surface area contributed by atoms with Gasteiger partial charge in [0.2, 0.25) is 0 Å². The standard InChI is InChI=1S/C22H31N3O4/c1-22(2,3)29-21(27)25-11-8-15(9-12-25)24-14-20(26)17-7-10-23-19-6-5-16(28-4)13-18(17)19/h5-7,10,13,15,20,24,26H,8-9,11-12,14H2,1-4H3. The van der Waals surface area contributed by atoms with Crippen LogP contribution in [0.4, 0.5) is 4.79 Å². The number of hydrogen-bond donors (Lipinski definition) is 2. The van der Waals surface area contributed by atoms with Crippen LogP contribution in [-0.2, 0) is 4.74 Å². The number of rotatable bonds is 5. The van der Waals surface area contributed by atoms with Gasteiger partial charge in [0.25, 0.3) is 0 Å². The van der Waals surface area contributed by atoms with Gasteiger partial charge in [-0.25, -0.2) is 4.79 Å². The molecule has 1 aromatic heterocycles. The first-order valence-electron chi connectivity index (χ1n) is 10.1. The lowest BCUT2D eigenvalue weighted by Gasteiger charge is -2.34. The van der Waals surface area contributed by atoms with Crippen LogP contribution in [0.3, 0.4) is 0 Å². The molecule has 0 aliphatic carbocycles. The van der Waals surface area contributed by atoms with E-state index in [0.717, 1.165) is 35.1 Å². The van der Waals surface area contributed by atoms with Gasteiger partial charge in [-0.15, -0.1) is 0 Å². The average Bonchev–Trinajstić information content (AvgIpc) is 2.70. The Bertz CT molecular complexity index is 842. The normalized spacial score (nSPS) is 16.7. The first kappa shape index (κ1) is 21.3. The largest absolute Gasteiger partial charge is 0.497 e. The highest BCUT2D eigenvalue weighted by molar-refractivity contribution is 5.83. The molecule has 1 aromatic carbocycles. The van der Waals surface area contributed by atoms with Crippen LogP contribution >= 0.6 is 0 Å². The van der Waals surface area contributed by atoms with Crippen LogP contribution in [0.1, 0.15) is 45.3 Å². The lowest BCUT2D eigenvalue weighted by molar-refractivity contribution is 0.0194. The van der Waals surface area contributed by atoms with Crippen molar-refractivity contribution in [2.24, 2.45) is 0 Å². The van der Waals surface area contributed by atoms with Crippen molar-refractivity contribution in [2.45, 2.75) is 51.4 Å². The third-order valence-electron chi connectivity index (χ3n) is 5.09. The molecule has 29 heavy (non-hydrogen) atoms. The van der Waals surface area contributed by atoms with Crippen molar-refractivity contribution in [3.05, 3.63) is 36.0 Å². The highest BCUT2D eigenvalue weighted by Crippen LogP contribution is 2.26. The molecular weight excluding hydrogens is 370 g/mol. The molecule has 2 N–H and O–H groups in total. The van der Waals surface area contributed by atoms with Gasteiger partial charge >= 0.3 is 6.09 Å². The van der Waals surface area contributed by atoms with Crippen molar-refractivity contribution >= 4 is 17.0 Å². The molecule has 1 saturated heterocycles. The number of nitrogens with zero attached hydrogens (tertiary/aromatic N) is 2. The number of hydrogen-bond acceptors (Lipinski definition) is 6. The second-order valence-corrected chi connectivity index (χ2v) is 8.45. The van der Waals surface area contributed by atoms with Crippen molar-refractivity contribution in [3.8, 4) is 5.75 Å². The van der Waals surface area contributed by atoms with Gasteiger partial charge in [0.05, 0.1) is 18.7 Å². The van der Waals surface area contributed by atoms with E-state index in [1.54, 1.807) is 18.2 Å². The number of pyridine rings is 1. The zero-order valence-electron chi connectivity index (χ0n) is 17.6. The minimum atomic E-state index is -0.656. The molecule has 1 aliphatic heterocycles. The Morgan fingerprint density at radius 2 is 2.03 bits per heavy atom. The first-order chi connectivity index (χ1) is 13.8. The quantitative estimate of drug-likeness (QED) is 0.800. The van der Waals surface area contributed by atoms with Crippen molar-refractivity contribution < 1.29 is 19.4 Å². The molecule has 158 valence electrons. The zero-order valence-corrected chi connectivity index (χ0v) is 17.6. The highest BCUT2D eigenvalue weighted by Gasteiger charge is 2.27. The molecule has 1 amide bonds. The van der Waals surface area contributed by atoms with Crippen LogP contribution in [-0.4, -0.2) is 59.5 Å². The number of fused-ring (bicyclic) bond motifs is 1. The fraction of sp³-hybridized carbons (Fsp3) is 0.545. The van der Waals surface area contributed by atoms with Crippen LogP contribution in [0.15, 0.2) is 30.5 Å². The number of aliphatic hydroxyl groups excluding tert-OH is 1. The van der Waals surface area contributed by atoms with Crippen LogP contribution in [0.2, 0.25) is 0 Å². The van der Waals surface area contributed by atoms with Crippen LogP contribution < -0.4 is 10.1 Å². The van der Waals surface area contributed by atoms with Crippen molar-refractivity contribution in [1.29, 1.82) is 0 Å². The Kier molecular flexibility index (Phi) is 6.59. The second-order valence-electron chi connectivity index (χ2n) is 8.45. The SMILES string of the molecule is COc1ccc2nccc(C(O)CNC3CCN(C(=O)OC(C)(C)C)CC3)c2c1. The summed E-state index contributed by atoms with van der Waals surface area (Å²) in [4.78, 5) is 18.3. The Hall–Kier alpha value is -2.38. The summed E-state index contributed by atoms with van der Waals surface area (Å²) in [6, 6.07) is 7.76. The van der Waals surface area contributed by atoms with Gasteiger partial charge in [-0.05, 0) is 63.4 Å². The topological polar surface area (TPSA) is 83.9 Å². The molecule has 2 heterocycles. The molecule has 1 fully saturated rings. The van der Waals surface area contributed by atoms with E-state index >= 15 is 0 Å². The first-order valence-corrected chi connectivity index (χ1v) is 10.1. The third kappa shape index (κ3) is 5.58. The minimum absolute atomic E-state index is 0.256. The molecule has 2 aromatic rings. The van der Waals surface area contributed by atoms with E-state index in [2.05, 4.69) is 10.3 Å². The van der Waals surface area contributed by atoms with E-state index in [-0.39, 0.29) is 12.1 Å². The molecule has 0 bridgehead atoms. The van der Waals surface area contributed by atoms with Gasteiger partial charge in [-0.3, -0.25) is 4.98 Å². The van der Waals surface area contributed by atoms with E-state index in [4.69, 9.17) is 9.47 Å². The third-order valence-corrected chi connectivity index (χ3v) is 5.09. The van der Waals surface area contributed by atoms with E-state index in [1.165, 1.54) is 0 Å². The van der Waals surface area contributed by atoms with Crippen molar-refractivity contribution in [1.82, 2.24) is 15.2 Å². The Morgan fingerprint density at radius 3 is 2.69 bits per heavy atom. The molecule has 0 spiro atoms. The number of amides is 1. The highest BCUT2D eigenvalue weighted by atomic mass is 16.6. The van der Waals surface area contributed by atoms with E-state index in [9.17, 15) is 9.90 Å². The number of ether oxygens (including phenoxy) is 2. The Labute approximate surface area is 172 Å². The van der Waals surface area contributed by atoms with Gasteiger partial charge in [0.1, 0.15) is 11.4 Å². The lowest BCUT2D eigenvalue weighted by atomic mass is 10.0. The maximum Gasteiger partial charge on any atom is 0.410 e. The molecular formula is C22H31N3O4. The summed E-state index contributed by atoms with van der Waals surface area (Å²) < 4.78 is 10.7. The van der Waals surface area contributed by atoms with Gasteiger partial charge in [0, 0.05) is 37.3 Å². The van der Waals surface area contributed by atoms with E-state index < -0.39 is 11.7 Å². The molecule has 1 unspecified atom stereocenters. The summed E-state index contributed by atoms with van der Waals surface area (Å²) in [6.07, 6.45) is 2.46. The number of methoxy groups -OCH3 is 1. The number of aromatic nitrogens is 1. The monoisotopic (exact) mass is 401 g/mol. The predicted molar refractivity (Wildman–Crippen MR) is 112 cm³/mol. The van der Waals surface area contributed by atoms with E-state index in [1.807, 2.05) is 45.0 Å².